The van der Waals surface area contributed by atoms with Gasteiger partial charge in [-0.2, -0.15) is 0 Å². The molecule has 2 aromatic carbocycles. The zero-order valence-corrected chi connectivity index (χ0v) is 13.7. The van der Waals surface area contributed by atoms with Crippen LogP contribution >= 0.6 is 0 Å². The second kappa shape index (κ2) is 8.40. The quantitative estimate of drug-likeness (QED) is 0.700. The van der Waals surface area contributed by atoms with E-state index in [1.165, 1.54) is 11.1 Å². The molecule has 0 saturated heterocycles. The van der Waals surface area contributed by atoms with Crippen LogP contribution in [-0.2, 0) is 0 Å². The van der Waals surface area contributed by atoms with Crippen LogP contribution in [0.15, 0.2) is 54.6 Å². The summed E-state index contributed by atoms with van der Waals surface area (Å²) >= 11 is 0. The Bertz CT molecular complexity index is 572. The maximum absolute atomic E-state index is 5.84. The van der Waals surface area contributed by atoms with Crippen molar-refractivity contribution >= 4 is 12.2 Å². The van der Waals surface area contributed by atoms with E-state index in [1.54, 1.807) is 0 Å². The third kappa shape index (κ3) is 5.74. The largest absolute Gasteiger partial charge is 0.493 e. The molecule has 2 heteroatoms. The van der Waals surface area contributed by atoms with Gasteiger partial charge in [0.2, 0.25) is 0 Å². The van der Waals surface area contributed by atoms with Crippen LogP contribution in [0.3, 0.4) is 0 Å². The average Bonchev–Trinajstić information content (AvgIpc) is 2.52. The fourth-order valence-corrected chi connectivity index (χ4v) is 2.35. The van der Waals surface area contributed by atoms with Gasteiger partial charge in [-0.15, -0.1) is 0 Å². The molecule has 0 N–H and O–H groups in total. The van der Waals surface area contributed by atoms with Crippen LogP contribution in [0.25, 0.3) is 12.2 Å². The molecule has 1 unspecified atom stereocenters. The van der Waals surface area contributed by atoms with Gasteiger partial charge in [0, 0.05) is 12.5 Å². The van der Waals surface area contributed by atoms with Crippen molar-refractivity contribution in [3.05, 3.63) is 65.7 Å². The fourth-order valence-electron chi connectivity index (χ4n) is 2.35. The molecule has 0 aromatic heterocycles. The molecule has 0 spiro atoms. The first-order valence-electron chi connectivity index (χ1n) is 7.74. The molecular formula is C20H25NO. The summed E-state index contributed by atoms with van der Waals surface area (Å²) in [4.78, 5) is 2.19. The highest BCUT2D eigenvalue weighted by molar-refractivity contribution is 5.69. The van der Waals surface area contributed by atoms with Gasteiger partial charge in [0.15, 0.2) is 0 Å². The van der Waals surface area contributed by atoms with Crippen molar-refractivity contribution in [2.24, 2.45) is 5.92 Å². The standard InChI is InChI=1S/C20H25NO/c1-17(15-21(2)3)16-22-20-13-11-19(12-14-20)10-9-18-7-5-4-6-8-18/h4-14,17H,15-16H2,1-3H3/b10-9-. The minimum absolute atomic E-state index is 0.521. The minimum Gasteiger partial charge on any atom is -0.493 e. The molecular weight excluding hydrogens is 270 g/mol. The lowest BCUT2D eigenvalue weighted by molar-refractivity contribution is 0.222. The first-order chi connectivity index (χ1) is 10.6. The number of benzene rings is 2. The molecule has 0 saturated carbocycles. The van der Waals surface area contributed by atoms with E-state index >= 15 is 0 Å². The molecule has 2 nitrogen and oxygen atoms in total. The molecule has 0 amide bonds. The van der Waals surface area contributed by atoms with Crippen molar-refractivity contribution in [2.45, 2.75) is 6.92 Å². The van der Waals surface area contributed by atoms with Crippen LogP contribution in [-0.4, -0.2) is 32.1 Å². The van der Waals surface area contributed by atoms with Gasteiger partial charge in [-0.25, -0.2) is 0 Å². The Labute approximate surface area is 134 Å². The summed E-state index contributed by atoms with van der Waals surface area (Å²) < 4.78 is 5.84. The van der Waals surface area contributed by atoms with Crippen molar-refractivity contribution in [3.63, 3.8) is 0 Å². The van der Waals surface area contributed by atoms with Crippen molar-refractivity contribution in [2.75, 3.05) is 27.2 Å². The summed E-state index contributed by atoms with van der Waals surface area (Å²) in [5.74, 6) is 1.45. The number of nitrogens with zero attached hydrogens (tertiary/aromatic N) is 1. The van der Waals surface area contributed by atoms with Gasteiger partial charge >= 0.3 is 0 Å². The van der Waals surface area contributed by atoms with E-state index in [1.807, 2.05) is 30.3 Å². The zero-order valence-electron chi connectivity index (χ0n) is 13.7. The van der Waals surface area contributed by atoms with Crippen LogP contribution in [0.2, 0.25) is 0 Å². The highest BCUT2D eigenvalue weighted by atomic mass is 16.5. The zero-order chi connectivity index (χ0) is 15.8. The summed E-state index contributed by atoms with van der Waals surface area (Å²) in [5, 5.41) is 0. The first-order valence-corrected chi connectivity index (χ1v) is 7.74. The summed E-state index contributed by atoms with van der Waals surface area (Å²) in [6.07, 6.45) is 4.24. The van der Waals surface area contributed by atoms with E-state index in [-0.39, 0.29) is 0 Å². The second-order valence-electron chi connectivity index (χ2n) is 5.99. The lowest BCUT2D eigenvalue weighted by Gasteiger charge is -2.17. The van der Waals surface area contributed by atoms with E-state index in [9.17, 15) is 0 Å². The van der Waals surface area contributed by atoms with Gasteiger partial charge in [-0.3, -0.25) is 0 Å². The molecule has 116 valence electrons. The van der Waals surface area contributed by atoms with Crippen molar-refractivity contribution in [1.29, 1.82) is 0 Å². The Morgan fingerprint density at radius 2 is 1.50 bits per heavy atom. The van der Waals surface area contributed by atoms with Crippen LogP contribution in [0, 0.1) is 5.92 Å². The van der Waals surface area contributed by atoms with E-state index in [4.69, 9.17) is 4.74 Å². The van der Waals surface area contributed by atoms with Gasteiger partial charge in [0.25, 0.3) is 0 Å². The Morgan fingerprint density at radius 3 is 2.09 bits per heavy atom. The van der Waals surface area contributed by atoms with E-state index < -0.39 is 0 Å². The molecule has 2 aromatic rings. The van der Waals surface area contributed by atoms with Crippen LogP contribution < -0.4 is 4.74 Å². The Morgan fingerprint density at radius 1 is 0.909 bits per heavy atom. The lowest BCUT2D eigenvalue weighted by atomic mass is 10.1. The molecule has 0 bridgehead atoms. The molecule has 22 heavy (non-hydrogen) atoms. The fraction of sp³-hybridized carbons (Fsp3) is 0.300. The van der Waals surface area contributed by atoms with Gasteiger partial charge < -0.3 is 9.64 Å². The second-order valence-corrected chi connectivity index (χ2v) is 5.99. The van der Waals surface area contributed by atoms with Crippen LogP contribution in [0.4, 0.5) is 0 Å². The maximum atomic E-state index is 5.84. The molecule has 0 aliphatic carbocycles. The Kier molecular flexibility index (Phi) is 6.23. The van der Waals surface area contributed by atoms with Crippen LogP contribution in [0.5, 0.6) is 5.75 Å². The lowest BCUT2D eigenvalue weighted by Crippen LogP contribution is -2.24. The first kappa shape index (κ1) is 16.3. The molecule has 0 aliphatic rings. The van der Waals surface area contributed by atoms with Crippen molar-refractivity contribution in [3.8, 4) is 5.75 Å². The SMILES string of the molecule is CC(COc1ccc(/C=C\c2ccccc2)cc1)CN(C)C. The summed E-state index contributed by atoms with van der Waals surface area (Å²) in [7, 11) is 4.18. The number of ether oxygens (including phenoxy) is 1. The molecule has 2 rings (SSSR count). The van der Waals surface area contributed by atoms with Gasteiger partial charge in [-0.05, 0) is 37.4 Å². The smallest absolute Gasteiger partial charge is 0.119 e. The van der Waals surface area contributed by atoms with Crippen molar-refractivity contribution < 1.29 is 4.74 Å². The maximum Gasteiger partial charge on any atom is 0.119 e. The number of hydrogen-bond donors (Lipinski definition) is 0. The molecule has 0 radical (unpaired) electrons. The number of rotatable bonds is 7. The summed E-state index contributed by atoms with van der Waals surface area (Å²) in [6, 6.07) is 18.6. The molecule has 0 fully saturated rings. The van der Waals surface area contributed by atoms with E-state index in [0.717, 1.165) is 18.9 Å². The van der Waals surface area contributed by atoms with Gasteiger partial charge in [0.1, 0.15) is 5.75 Å². The third-order valence-electron chi connectivity index (χ3n) is 3.36. The average molecular weight is 295 g/mol. The molecule has 1 atom stereocenters. The Balaban J connectivity index is 1.86. The van der Waals surface area contributed by atoms with E-state index in [0.29, 0.717) is 5.92 Å². The van der Waals surface area contributed by atoms with Crippen LogP contribution in [0.1, 0.15) is 18.1 Å². The molecule has 0 heterocycles. The summed E-state index contributed by atoms with van der Waals surface area (Å²) in [5.41, 5.74) is 2.39. The van der Waals surface area contributed by atoms with Crippen molar-refractivity contribution in [1.82, 2.24) is 4.90 Å². The van der Waals surface area contributed by atoms with E-state index in [2.05, 4.69) is 62.3 Å². The topological polar surface area (TPSA) is 12.5 Å². The highest BCUT2D eigenvalue weighted by Crippen LogP contribution is 2.15. The monoisotopic (exact) mass is 295 g/mol. The predicted molar refractivity (Wildman–Crippen MR) is 95.0 cm³/mol. The predicted octanol–water partition coefficient (Wildman–Crippen LogP) is 4.43. The number of hydrogen-bond acceptors (Lipinski definition) is 2. The minimum atomic E-state index is 0.521. The van der Waals surface area contributed by atoms with Gasteiger partial charge in [0.05, 0.1) is 6.61 Å². The summed E-state index contributed by atoms with van der Waals surface area (Å²) in [6.45, 7) is 3.99. The molecule has 0 aliphatic heterocycles. The third-order valence-corrected chi connectivity index (χ3v) is 3.36. The van der Waals surface area contributed by atoms with Gasteiger partial charge in [-0.1, -0.05) is 61.5 Å². The highest BCUT2D eigenvalue weighted by Gasteiger charge is 2.04. The normalized spacial score (nSPS) is 12.7. The Hall–Kier alpha value is -2.06.